The summed E-state index contributed by atoms with van der Waals surface area (Å²) in [6.07, 6.45) is 1.51. The first kappa shape index (κ1) is 19.9. The molecule has 0 amide bonds. The minimum absolute atomic E-state index is 0.280. The summed E-state index contributed by atoms with van der Waals surface area (Å²) in [5.41, 5.74) is 1.63. The van der Waals surface area contributed by atoms with Gasteiger partial charge in [0.1, 0.15) is 23.8 Å². The second kappa shape index (κ2) is 8.22. The number of halogens is 1. The summed E-state index contributed by atoms with van der Waals surface area (Å²) in [7, 11) is 2.15. The molecule has 2 aromatic heterocycles. The van der Waals surface area contributed by atoms with Gasteiger partial charge >= 0.3 is 0 Å². The first-order valence-electron chi connectivity index (χ1n) is 10.8. The minimum atomic E-state index is -0.280. The number of hydrogen-bond acceptors (Lipinski definition) is 8. The highest BCUT2D eigenvalue weighted by molar-refractivity contribution is 5.89. The van der Waals surface area contributed by atoms with Crippen LogP contribution in [0.2, 0.25) is 0 Å². The summed E-state index contributed by atoms with van der Waals surface area (Å²) < 4.78 is 13.6. The van der Waals surface area contributed by atoms with Crippen LogP contribution in [0.15, 0.2) is 30.6 Å². The lowest BCUT2D eigenvalue weighted by Gasteiger charge is -2.37. The van der Waals surface area contributed by atoms with E-state index in [1.54, 1.807) is 6.07 Å². The van der Waals surface area contributed by atoms with E-state index in [2.05, 4.69) is 42.7 Å². The summed E-state index contributed by atoms with van der Waals surface area (Å²) in [6, 6.07) is 6.76. The largest absolute Gasteiger partial charge is 0.353 e. The summed E-state index contributed by atoms with van der Waals surface area (Å²) in [6.45, 7) is 9.31. The lowest BCUT2D eigenvalue weighted by Crippen LogP contribution is -2.48. The molecule has 8 nitrogen and oxygen atoms in total. The van der Waals surface area contributed by atoms with Gasteiger partial charge in [-0.2, -0.15) is 4.98 Å². The molecule has 9 heteroatoms. The second-order valence-corrected chi connectivity index (χ2v) is 8.29. The third-order valence-electron chi connectivity index (χ3n) is 6.10. The highest BCUT2D eigenvalue weighted by Crippen LogP contribution is 2.26. The number of nitrogens with zero attached hydrogens (tertiary/aromatic N) is 8. The van der Waals surface area contributed by atoms with Gasteiger partial charge in [0.25, 0.3) is 0 Å². The summed E-state index contributed by atoms with van der Waals surface area (Å²) >= 11 is 0. The van der Waals surface area contributed by atoms with E-state index < -0.39 is 0 Å². The number of hydrogen-bond donors (Lipinski definition) is 0. The molecule has 31 heavy (non-hydrogen) atoms. The van der Waals surface area contributed by atoms with Crippen molar-refractivity contribution in [3.05, 3.63) is 42.1 Å². The first-order chi connectivity index (χ1) is 15.1. The van der Waals surface area contributed by atoms with E-state index >= 15 is 0 Å². The SMILES string of the molecule is Cc1cc(N2CCN(c3ncnc4cc(F)ccc34)CC2)nc(N2CCN(C)CC2)n1. The summed E-state index contributed by atoms with van der Waals surface area (Å²) in [4.78, 5) is 27.5. The van der Waals surface area contributed by atoms with E-state index in [0.717, 1.165) is 81.0 Å². The van der Waals surface area contributed by atoms with Gasteiger partial charge in [0.15, 0.2) is 0 Å². The van der Waals surface area contributed by atoms with Gasteiger partial charge in [0.2, 0.25) is 5.95 Å². The molecular formula is C22H27FN8. The van der Waals surface area contributed by atoms with Crippen molar-refractivity contribution in [1.29, 1.82) is 0 Å². The quantitative estimate of drug-likeness (QED) is 0.635. The average Bonchev–Trinajstić information content (AvgIpc) is 2.78. The van der Waals surface area contributed by atoms with Crippen LogP contribution in [0.4, 0.5) is 22.0 Å². The molecule has 3 aromatic rings. The van der Waals surface area contributed by atoms with Gasteiger partial charge in [-0.25, -0.2) is 19.3 Å². The van der Waals surface area contributed by atoms with Crippen molar-refractivity contribution in [3.8, 4) is 0 Å². The molecule has 0 unspecified atom stereocenters. The number of aryl methyl sites for hydroxylation is 1. The van der Waals surface area contributed by atoms with Crippen molar-refractivity contribution < 1.29 is 4.39 Å². The summed E-state index contributed by atoms with van der Waals surface area (Å²) in [5.74, 6) is 2.39. The Morgan fingerprint density at radius 1 is 0.806 bits per heavy atom. The maximum absolute atomic E-state index is 13.6. The lowest BCUT2D eigenvalue weighted by atomic mass is 10.2. The lowest BCUT2D eigenvalue weighted by molar-refractivity contribution is 0.311. The zero-order valence-electron chi connectivity index (χ0n) is 18.0. The number of piperazine rings is 2. The molecule has 162 valence electrons. The molecular weight excluding hydrogens is 395 g/mol. The van der Waals surface area contributed by atoms with Crippen LogP contribution in [0.3, 0.4) is 0 Å². The van der Waals surface area contributed by atoms with Crippen LogP contribution in [-0.4, -0.2) is 84.2 Å². The second-order valence-electron chi connectivity index (χ2n) is 8.29. The predicted molar refractivity (Wildman–Crippen MR) is 120 cm³/mol. The Kier molecular flexibility index (Phi) is 5.27. The number of anilines is 3. The van der Waals surface area contributed by atoms with Crippen molar-refractivity contribution in [2.24, 2.45) is 0 Å². The van der Waals surface area contributed by atoms with Crippen LogP contribution < -0.4 is 14.7 Å². The van der Waals surface area contributed by atoms with E-state index in [1.165, 1.54) is 18.5 Å². The highest BCUT2D eigenvalue weighted by Gasteiger charge is 2.23. The van der Waals surface area contributed by atoms with Gasteiger partial charge in [-0.15, -0.1) is 0 Å². The van der Waals surface area contributed by atoms with E-state index in [1.807, 2.05) is 6.92 Å². The predicted octanol–water partition coefficient (Wildman–Crippen LogP) is 1.95. The third-order valence-corrected chi connectivity index (χ3v) is 6.10. The van der Waals surface area contributed by atoms with Gasteiger partial charge in [-0.3, -0.25) is 0 Å². The summed E-state index contributed by atoms with van der Waals surface area (Å²) in [5, 5.41) is 0.882. The standard InChI is InChI=1S/C22H27FN8/c1-16-13-20(27-22(26-16)31-7-5-28(2)6-8-31)29-9-11-30(12-10-29)21-18-4-3-17(23)14-19(18)24-15-25-21/h3-4,13-15H,5-12H2,1-2H3. The van der Waals surface area contributed by atoms with Crippen molar-refractivity contribution in [3.63, 3.8) is 0 Å². The zero-order valence-corrected chi connectivity index (χ0v) is 18.0. The number of benzene rings is 1. The van der Waals surface area contributed by atoms with Crippen LogP contribution in [0.5, 0.6) is 0 Å². The number of likely N-dealkylation sites (N-methyl/N-ethyl adjacent to an activating group) is 1. The fourth-order valence-corrected chi connectivity index (χ4v) is 4.26. The topological polar surface area (TPSA) is 64.5 Å². The van der Waals surface area contributed by atoms with E-state index in [9.17, 15) is 4.39 Å². The molecule has 0 aliphatic carbocycles. The molecule has 2 fully saturated rings. The number of fused-ring (bicyclic) bond motifs is 1. The molecule has 2 saturated heterocycles. The van der Waals surface area contributed by atoms with Gasteiger partial charge in [0.05, 0.1) is 5.52 Å². The Morgan fingerprint density at radius 2 is 1.52 bits per heavy atom. The van der Waals surface area contributed by atoms with E-state index in [4.69, 9.17) is 9.97 Å². The third kappa shape index (κ3) is 4.10. The molecule has 0 saturated carbocycles. The van der Waals surface area contributed by atoms with Gasteiger partial charge in [-0.1, -0.05) is 0 Å². The Balaban J connectivity index is 1.32. The minimum Gasteiger partial charge on any atom is -0.353 e. The first-order valence-corrected chi connectivity index (χ1v) is 10.8. The fraction of sp³-hybridized carbons (Fsp3) is 0.455. The Labute approximate surface area is 181 Å². The van der Waals surface area contributed by atoms with Crippen molar-refractivity contribution in [1.82, 2.24) is 24.8 Å². The van der Waals surface area contributed by atoms with Crippen LogP contribution in [0.25, 0.3) is 10.9 Å². The molecule has 5 rings (SSSR count). The molecule has 4 heterocycles. The van der Waals surface area contributed by atoms with Crippen molar-refractivity contribution in [2.75, 3.05) is 74.1 Å². The molecule has 1 aromatic carbocycles. The molecule has 0 bridgehead atoms. The molecule has 0 N–H and O–H groups in total. The maximum atomic E-state index is 13.6. The van der Waals surface area contributed by atoms with Gasteiger partial charge in [0, 0.05) is 75.6 Å². The molecule has 2 aliphatic rings. The zero-order chi connectivity index (χ0) is 21.4. The average molecular weight is 423 g/mol. The number of rotatable bonds is 3. The molecule has 0 radical (unpaired) electrons. The Bertz CT molecular complexity index is 1070. The highest BCUT2D eigenvalue weighted by atomic mass is 19.1. The molecule has 0 atom stereocenters. The van der Waals surface area contributed by atoms with Gasteiger partial charge < -0.3 is 19.6 Å². The van der Waals surface area contributed by atoms with Crippen LogP contribution in [-0.2, 0) is 0 Å². The van der Waals surface area contributed by atoms with E-state index in [0.29, 0.717) is 5.52 Å². The van der Waals surface area contributed by atoms with Crippen molar-refractivity contribution >= 4 is 28.5 Å². The smallest absolute Gasteiger partial charge is 0.227 e. The normalized spacial score (nSPS) is 18.1. The van der Waals surface area contributed by atoms with E-state index in [-0.39, 0.29) is 5.82 Å². The monoisotopic (exact) mass is 422 g/mol. The van der Waals surface area contributed by atoms with Crippen LogP contribution in [0, 0.1) is 12.7 Å². The fourth-order valence-electron chi connectivity index (χ4n) is 4.26. The Hall–Kier alpha value is -3.07. The van der Waals surface area contributed by atoms with Crippen LogP contribution >= 0.6 is 0 Å². The Morgan fingerprint density at radius 3 is 2.29 bits per heavy atom. The molecule has 2 aliphatic heterocycles. The van der Waals surface area contributed by atoms with Crippen LogP contribution in [0.1, 0.15) is 5.69 Å². The van der Waals surface area contributed by atoms with Gasteiger partial charge in [-0.05, 0) is 26.1 Å². The molecule has 0 spiro atoms. The number of aromatic nitrogens is 4. The van der Waals surface area contributed by atoms with Crippen molar-refractivity contribution in [2.45, 2.75) is 6.92 Å². The maximum Gasteiger partial charge on any atom is 0.227 e.